The lowest BCUT2D eigenvalue weighted by Crippen LogP contribution is -2.45. The highest BCUT2D eigenvalue weighted by Gasteiger charge is 2.27. The molecule has 0 amide bonds. The first-order valence-electron chi connectivity index (χ1n) is 14.1. The summed E-state index contributed by atoms with van der Waals surface area (Å²) in [6, 6.07) is 52.2. The van der Waals surface area contributed by atoms with Gasteiger partial charge in [0, 0.05) is 5.56 Å². The molecule has 2 N–H and O–H groups in total. The topological polar surface area (TPSA) is 60.2 Å². The summed E-state index contributed by atoms with van der Waals surface area (Å²) in [5, 5.41) is 19.4. The molecule has 7 rings (SSSR count). The molecule has 1 heterocycles. The van der Waals surface area contributed by atoms with Gasteiger partial charge in [-0.05, 0) is 50.2 Å². The van der Waals surface area contributed by atoms with Crippen LogP contribution in [0.4, 0.5) is 0 Å². The standard InChI is InChI=1S/C38H28N4/c39-25-31-15-7-8-18-32(31)26-21-23-27(24-22-26)33-19-9-16-28-17-10-20-34(35(28)33)38-41-36(29-11-3-1-4-12-29)40-37(42-38)30-13-5-2-6-14-30/h1-24,36,38,41H,(H,40,42). The van der Waals surface area contributed by atoms with Crippen molar-refractivity contribution in [3.63, 3.8) is 0 Å². The maximum absolute atomic E-state index is 9.60. The molecule has 6 aromatic rings. The van der Waals surface area contributed by atoms with Crippen molar-refractivity contribution in [1.82, 2.24) is 10.6 Å². The van der Waals surface area contributed by atoms with Gasteiger partial charge in [0.25, 0.3) is 0 Å². The van der Waals surface area contributed by atoms with Gasteiger partial charge >= 0.3 is 0 Å². The van der Waals surface area contributed by atoms with Crippen LogP contribution < -0.4 is 10.6 Å². The number of hydrogen-bond donors (Lipinski definition) is 2. The van der Waals surface area contributed by atoms with Crippen molar-refractivity contribution in [2.24, 2.45) is 4.99 Å². The highest BCUT2D eigenvalue weighted by molar-refractivity contribution is 6.02. The highest BCUT2D eigenvalue weighted by atomic mass is 15.3. The van der Waals surface area contributed by atoms with Gasteiger partial charge in [-0.1, -0.05) is 140 Å². The van der Waals surface area contributed by atoms with Gasteiger partial charge in [-0.25, -0.2) is 4.99 Å². The summed E-state index contributed by atoms with van der Waals surface area (Å²) in [5.74, 6) is 0.864. The van der Waals surface area contributed by atoms with Crippen LogP contribution in [0.1, 0.15) is 34.6 Å². The van der Waals surface area contributed by atoms with E-state index in [4.69, 9.17) is 4.99 Å². The van der Waals surface area contributed by atoms with Crippen molar-refractivity contribution >= 4 is 16.6 Å². The number of nitrogens with one attached hydrogen (secondary N) is 2. The van der Waals surface area contributed by atoms with Crippen LogP contribution in [0.25, 0.3) is 33.0 Å². The Labute approximate surface area is 245 Å². The monoisotopic (exact) mass is 540 g/mol. The second-order valence-corrected chi connectivity index (χ2v) is 10.4. The van der Waals surface area contributed by atoms with Gasteiger partial charge in [-0.15, -0.1) is 0 Å². The fraction of sp³-hybridized carbons (Fsp3) is 0.0526. The lowest BCUT2D eigenvalue weighted by Gasteiger charge is -2.33. The summed E-state index contributed by atoms with van der Waals surface area (Å²) in [4.78, 5) is 5.08. The van der Waals surface area contributed by atoms with E-state index in [0.717, 1.165) is 44.8 Å². The van der Waals surface area contributed by atoms with Gasteiger partial charge in [0.05, 0.1) is 11.6 Å². The Hall–Kier alpha value is -5.50. The lowest BCUT2D eigenvalue weighted by molar-refractivity contribution is 0.411. The summed E-state index contributed by atoms with van der Waals surface area (Å²) in [5.41, 5.74) is 8.26. The number of amidine groups is 1. The van der Waals surface area contributed by atoms with Gasteiger partial charge in [-0.2, -0.15) is 5.26 Å². The van der Waals surface area contributed by atoms with E-state index in [1.54, 1.807) is 0 Å². The van der Waals surface area contributed by atoms with E-state index in [9.17, 15) is 5.26 Å². The Kier molecular flexibility index (Phi) is 6.77. The zero-order chi connectivity index (χ0) is 28.3. The van der Waals surface area contributed by atoms with Crippen LogP contribution in [-0.4, -0.2) is 5.84 Å². The molecule has 0 bridgehead atoms. The smallest absolute Gasteiger partial charge is 0.131 e. The number of fused-ring (bicyclic) bond motifs is 1. The maximum atomic E-state index is 9.60. The van der Waals surface area contributed by atoms with Gasteiger partial charge < -0.3 is 5.32 Å². The third-order valence-electron chi connectivity index (χ3n) is 7.83. The molecule has 0 aromatic heterocycles. The van der Waals surface area contributed by atoms with E-state index in [2.05, 4.69) is 114 Å². The molecule has 0 fully saturated rings. The largest absolute Gasteiger partial charge is 0.350 e. The molecule has 2 unspecified atom stereocenters. The number of nitriles is 1. The van der Waals surface area contributed by atoms with Crippen molar-refractivity contribution in [1.29, 1.82) is 5.26 Å². The first-order chi connectivity index (χ1) is 20.8. The Morgan fingerprint density at radius 3 is 1.93 bits per heavy atom. The molecule has 4 heteroatoms. The fourth-order valence-corrected chi connectivity index (χ4v) is 5.78. The Morgan fingerprint density at radius 1 is 0.571 bits per heavy atom. The average molecular weight is 541 g/mol. The van der Waals surface area contributed by atoms with Crippen LogP contribution in [0.5, 0.6) is 0 Å². The van der Waals surface area contributed by atoms with Crippen molar-refractivity contribution in [2.45, 2.75) is 12.3 Å². The molecule has 1 aliphatic rings. The van der Waals surface area contributed by atoms with Crippen molar-refractivity contribution < 1.29 is 0 Å². The van der Waals surface area contributed by atoms with Gasteiger partial charge in [0.15, 0.2) is 0 Å². The van der Waals surface area contributed by atoms with Gasteiger partial charge in [-0.3, -0.25) is 5.32 Å². The third kappa shape index (κ3) is 4.83. The number of hydrogen-bond acceptors (Lipinski definition) is 4. The Bertz CT molecular complexity index is 1930. The summed E-state index contributed by atoms with van der Waals surface area (Å²) in [6.07, 6.45) is -0.371. The molecular formula is C38H28N4. The van der Waals surface area contributed by atoms with E-state index in [-0.39, 0.29) is 12.3 Å². The van der Waals surface area contributed by atoms with Gasteiger partial charge in [0.2, 0.25) is 0 Å². The predicted octanol–water partition coefficient (Wildman–Crippen LogP) is 8.38. The first-order valence-corrected chi connectivity index (χ1v) is 14.1. The number of benzene rings is 6. The number of rotatable bonds is 5. The Balaban J connectivity index is 1.32. The summed E-state index contributed by atoms with van der Waals surface area (Å²) in [6.45, 7) is 0. The molecule has 4 nitrogen and oxygen atoms in total. The average Bonchev–Trinajstić information content (AvgIpc) is 3.08. The molecule has 200 valence electrons. The number of nitrogens with zero attached hydrogens (tertiary/aromatic N) is 2. The lowest BCUT2D eigenvalue weighted by atomic mass is 9.91. The second kappa shape index (κ2) is 11.2. The molecule has 0 spiro atoms. The first kappa shape index (κ1) is 25.5. The fourth-order valence-electron chi connectivity index (χ4n) is 5.78. The van der Waals surface area contributed by atoms with Crippen LogP contribution in [-0.2, 0) is 0 Å². The molecule has 1 aliphatic heterocycles. The molecule has 42 heavy (non-hydrogen) atoms. The zero-order valence-corrected chi connectivity index (χ0v) is 22.9. The van der Waals surface area contributed by atoms with E-state index in [1.165, 1.54) is 10.8 Å². The van der Waals surface area contributed by atoms with Crippen LogP contribution in [0.15, 0.2) is 151 Å². The maximum Gasteiger partial charge on any atom is 0.131 e. The van der Waals surface area contributed by atoms with Gasteiger partial charge in [0.1, 0.15) is 18.2 Å². The minimum absolute atomic E-state index is 0.172. The number of aliphatic imine (C=N–C) groups is 1. The molecule has 0 saturated heterocycles. The van der Waals surface area contributed by atoms with E-state index in [0.29, 0.717) is 5.56 Å². The molecular weight excluding hydrogens is 512 g/mol. The second-order valence-electron chi connectivity index (χ2n) is 10.4. The highest BCUT2D eigenvalue weighted by Crippen LogP contribution is 2.36. The van der Waals surface area contributed by atoms with E-state index in [1.807, 2.05) is 48.5 Å². The normalized spacial score (nSPS) is 16.3. The molecule has 2 atom stereocenters. The summed E-state index contributed by atoms with van der Waals surface area (Å²) in [7, 11) is 0. The van der Waals surface area contributed by atoms with E-state index < -0.39 is 0 Å². The SMILES string of the molecule is N#Cc1ccccc1-c1ccc(-c2cccc3cccc(C4NC(c5ccccc5)=NC(c5ccccc5)N4)c23)cc1. The third-order valence-corrected chi connectivity index (χ3v) is 7.83. The van der Waals surface area contributed by atoms with Crippen LogP contribution in [0.3, 0.4) is 0 Å². The van der Waals surface area contributed by atoms with Crippen molar-refractivity contribution in [3.05, 3.63) is 168 Å². The minimum atomic E-state index is -0.199. The van der Waals surface area contributed by atoms with E-state index >= 15 is 0 Å². The Morgan fingerprint density at radius 2 is 1.19 bits per heavy atom. The quantitative estimate of drug-likeness (QED) is 0.231. The van der Waals surface area contributed by atoms with Crippen molar-refractivity contribution in [2.75, 3.05) is 0 Å². The van der Waals surface area contributed by atoms with Crippen LogP contribution >= 0.6 is 0 Å². The van der Waals surface area contributed by atoms with Crippen LogP contribution in [0.2, 0.25) is 0 Å². The molecule has 0 saturated carbocycles. The van der Waals surface area contributed by atoms with Crippen LogP contribution in [0, 0.1) is 11.3 Å². The molecule has 6 aromatic carbocycles. The summed E-state index contributed by atoms with van der Waals surface area (Å²) >= 11 is 0. The molecule has 0 radical (unpaired) electrons. The van der Waals surface area contributed by atoms with Crippen molar-refractivity contribution in [3.8, 4) is 28.3 Å². The minimum Gasteiger partial charge on any atom is -0.350 e. The summed E-state index contributed by atoms with van der Waals surface area (Å²) < 4.78 is 0. The zero-order valence-electron chi connectivity index (χ0n) is 22.9. The predicted molar refractivity (Wildman–Crippen MR) is 171 cm³/mol. The molecule has 0 aliphatic carbocycles.